The molecule has 0 heterocycles. The fourth-order valence-electron chi connectivity index (χ4n) is 3.49. The molecule has 0 aliphatic carbocycles. The first-order valence-electron chi connectivity index (χ1n) is 9.89. The van der Waals surface area contributed by atoms with Crippen LogP contribution in [0.5, 0.6) is 5.75 Å². The second-order valence-corrected chi connectivity index (χ2v) is 7.70. The number of ether oxygens (including phenoxy) is 1. The third-order valence-electron chi connectivity index (χ3n) is 5.09. The first-order valence-corrected chi connectivity index (χ1v) is 9.89. The Labute approximate surface area is 175 Å². The van der Waals surface area contributed by atoms with Crippen molar-refractivity contribution in [2.24, 2.45) is 0 Å². The normalized spacial score (nSPS) is 13.8. The third-order valence-corrected chi connectivity index (χ3v) is 5.09. The monoisotopic (exact) mass is 413 g/mol. The van der Waals surface area contributed by atoms with E-state index in [1.54, 1.807) is 0 Å². The molecule has 0 saturated heterocycles. The van der Waals surface area contributed by atoms with Gasteiger partial charge in [0.05, 0.1) is 5.56 Å². The number of nitrogens with zero attached hydrogens (tertiary/aromatic N) is 1. The van der Waals surface area contributed by atoms with Crippen LogP contribution in [-0.4, -0.2) is 25.5 Å². The SMILES string of the molecule is CN(C)CCC(Cc1ccccc1)(Oc1ccc(C(F)(F)F)cc1)c1ccccc1. The van der Waals surface area contributed by atoms with Crippen molar-refractivity contribution in [1.29, 1.82) is 0 Å². The lowest BCUT2D eigenvalue weighted by Crippen LogP contribution is -2.38. The third kappa shape index (κ3) is 5.63. The quantitative estimate of drug-likeness (QED) is 0.438. The number of halogens is 3. The first kappa shape index (κ1) is 21.9. The van der Waals surface area contributed by atoms with Crippen molar-refractivity contribution in [3.05, 3.63) is 102 Å². The predicted molar refractivity (Wildman–Crippen MR) is 114 cm³/mol. The maximum absolute atomic E-state index is 13.0. The summed E-state index contributed by atoms with van der Waals surface area (Å²) in [5, 5.41) is 0. The lowest BCUT2D eigenvalue weighted by molar-refractivity contribution is -0.137. The van der Waals surface area contributed by atoms with Gasteiger partial charge in [0.15, 0.2) is 0 Å². The van der Waals surface area contributed by atoms with Gasteiger partial charge in [-0.1, -0.05) is 60.7 Å². The van der Waals surface area contributed by atoms with Crippen molar-refractivity contribution in [2.45, 2.75) is 24.6 Å². The summed E-state index contributed by atoms with van der Waals surface area (Å²) in [6.45, 7) is 0.766. The van der Waals surface area contributed by atoms with E-state index >= 15 is 0 Å². The topological polar surface area (TPSA) is 12.5 Å². The molecule has 3 aromatic carbocycles. The average Bonchev–Trinajstić information content (AvgIpc) is 2.73. The Morgan fingerprint density at radius 3 is 1.83 bits per heavy atom. The number of alkyl halides is 3. The van der Waals surface area contributed by atoms with Crippen LogP contribution in [0.2, 0.25) is 0 Å². The zero-order valence-corrected chi connectivity index (χ0v) is 17.2. The van der Waals surface area contributed by atoms with Crippen LogP contribution in [0.1, 0.15) is 23.1 Å². The number of hydrogen-bond donors (Lipinski definition) is 0. The van der Waals surface area contributed by atoms with Crippen molar-refractivity contribution in [2.75, 3.05) is 20.6 Å². The van der Waals surface area contributed by atoms with Gasteiger partial charge in [0.25, 0.3) is 0 Å². The van der Waals surface area contributed by atoms with E-state index in [1.807, 2.05) is 74.8 Å². The van der Waals surface area contributed by atoms with Gasteiger partial charge in [-0.15, -0.1) is 0 Å². The zero-order valence-electron chi connectivity index (χ0n) is 17.2. The number of benzene rings is 3. The van der Waals surface area contributed by atoms with E-state index in [0.29, 0.717) is 18.6 Å². The molecule has 0 amide bonds. The molecule has 0 N–H and O–H groups in total. The van der Waals surface area contributed by atoms with Gasteiger partial charge in [-0.3, -0.25) is 0 Å². The summed E-state index contributed by atoms with van der Waals surface area (Å²) in [5.41, 5.74) is 0.700. The van der Waals surface area contributed by atoms with Gasteiger partial charge in [0.1, 0.15) is 11.4 Å². The molecule has 0 aliphatic rings. The first-order chi connectivity index (χ1) is 14.3. The van der Waals surface area contributed by atoms with Crippen LogP contribution in [0.3, 0.4) is 0 Å². The Morgan fingerprint density at radius 1 is 0.733 bits per heavy atom. The van der Waals surface area contributed by atoms with Gasteiger partial charge in [-0.05, 0) is 49.5 Å². The highest BCUT2D eigenvalue weighted by atomic mass is 19.4. The van der Waals surface area contributed by atoms with E-state index in [1.165, 1.54) is 12.1 Å². The van der Waals surface area contributed by atoms with Crippen LogP contribution in [-0.2, 0) is 18.2 Å². The van der Waals surface area contributed by atoms with E-state index in [2.05, 4.69) is 4.90 Å². The average molecular weight is 413 g/mol. The van der Waals surface area contributed by atoms with Crippen molar-refractivity contribution in [1.82, 2.24) is 4.90 Å². The van der Waals surface area contributed by atoms with Crippen LogP contribution < -0.4 is 4.74 Å². The lowest BCUT2D eigenvalue weighted by atomic mass is 9.83. The minimum atomic E-state index is -4.37. The molecule has 3 aromatic rings. The van der Waals surface area contributed by atoms with E-state index in [4.69, 9.17) is 4.74 Å². The summed E-state index contributed by atoms with van der Waals surface area (Å²) in [7, 11) is 3.99. The number of rotatable bonds is 8. The van der Waals surface area contributed by atoms with E-state index in [-0.39, 0.29) is 0 Å². The molecule has 2 nitrogen and oxygen atoms in total. The van der Waals surface area contributed by atoms with Crippen LogP contribution in [0.25, 0.3) is 0 Å². The molecule has 0 radical (unpaired) electrons. The van der Waals surface area contributed by atoms with E-state index < -0.39 is 17.3 Å². The second kappa shape index (κ2) is 9.35. The van der Waals surface area contributed by atoms with Gasteiger partial charge < -0.3 is 9.64 Å². The van der Waals surface area contributed by atoms with Crippen LogP contribution in [0, 0.1) is 0 Å². The highest BCUT2D eigenvalue weighted by molar-refractivity contribution is 5.33. The Balaban J connectivity index is 2.02. The van der Waals surface area contributed by atoms with Crippen molar-refractivity contribution in [3.8, 4) is 5.75 Å². The van der Waals surface area contributed by atoms with Crippen molar-refractivity contribution >= 4 is 0 Å². The van der Waals surface area contributed by atoms with Crippen molar-refractivity contribution in [3.63, 3.8) is 0 Å². The zero-order chi connectivity index (χ0) is 21.6. The minimum Gasteiger partial charge on any atom is -0.482 e. The Hall–Kier alpha value is -2.79. The Bertz CT molecular complexity index is 909. The van der Waals surface area contributed by atoms with E-state index in [0.717, 1.165) is 29.8 Å². The standard InChI is InChI=1S/C25H26F3NO/c1-29(2)18-17-24(21-11-7-4-8-12-21,19-20-9-5-3-6-10-20)30-23-15-13-22(14-16-23)25(26,27)28/h3-16H,17-19H2,1-2H3. The molecule has 0 aliphatic heterocycles. The molecule has 5 heteroatoms. The van der Waals surface area contributed by atoms with Gasteiger partial charge in [0, 0.05) is 19.4 Å². The van der Waals surface area contributed by atoms with Gasteiger partial charge in [-0.25, -0.2) is 0 Å². The van der Waals surface area contributed by atoms with E-state index in [9.17, 15) is 13.2 Å². The molecule has 0 bridgehead atoms. The fraction of sp³-hybridized carbons (Fsp3) is 0.280. The maximum atomic E-state index is 13.0. The molecule has 0 saturated carbocycles. The van der Waals surface area contributed by atoms with Gasteiger partial charge in [-0.2, -0.15) is 13.2 Å². The molecule has 30 heavy (non-hydrogen) atoms. The summed E-state index contributed by atoms with van der Waals surface area (Å²) < 4.78 is 45.4. The predicted octanol–water partition coefficient (Wildman–Crippen LogP) is 6.17. The van der Waals surface area contributed by atoms with Crippen LogP contribution in [0.4, 0.5) is 13.2 Å². The lowest BCUT2D eigenvalue weighted by Gasteiger charge is -2.36. The minimum absolute atomic E-state index is 0.418. The highest BCUT2D eigenvalue weighted by Gasteiger charge is 2.36. The smallest absolute Gasteiger partial charge is 0.416 e. The second-order valence-electron chi connectivity index (χ2n) is 7.70. The van der Waals surface area contributed by atoms with Crippen LogP contribution in [0.15, 0.2) is 84.9 Å². The van der Waals surface area contributed by atoms with Crippen molar-refractivity contribution < 1.29 is 17.9 Å². The van der Waals surface area contributed by atoms with Gasteiger partial charge in [0.2, 0.25) is 0 Å². The Kier molecular flexibility index (Phi) is 6.83. The molecule has 0 aromatic heterocycles. The molecule has 1 atom stereocenters. The fourth-order valence-corrected chi connectivity index (χ4v) is 3.49. The summed E-state index contributed by atoms with van der Waals surface area (Å²) in [6.07, 6.45) is -3.09. The molecular formula is C25H26F3NO. The summed E-state index contributed by atoms with van der Waals surface area (Å²) in [6, 6.07) is 24.9. The summed E-state index contributed by atoms with van der Waals surface area (Å²) in [5.74, 6) is 0.418. The molecule has 158 valence electrons. The van der Waals surface area contributed by atoms with Crippen LogP contribution >= 0.6 is 0 Å². The number of hydrogen-bond acceptors (Lipinski definition) is 2. The Morgan fingerprint density at radius 2 is 1.30 bits per heavy atom. The maximum Gasteiger partial charge on any atom is 0.416 e. The molecule has 0 spiro atoms. The largest absolute Gasteiger partial charge is 0.482 e. The molecule has 3 rings (SSSR count). The molecule has 0 fully saturated rings. The highest BCUT2D eigenvalue weighted by Crippen LogP contribution is 2.37. The van der Waals surface area contributed by atoms with Gasteiger partial charge >= 0.3 is 6.18 Å². The summed E-state index contributed by atoms with van der Waals surface area (Å²) in [4.78, 5) is 2.08. The molecule has 1 unspecified atom stereocenters. The molecular weight excluding hydrogens is 387 g/mol. The summed E-state index contributed by atoms with van der Waals surface area (Å²) >= 11 is 0.